The number of fused-ring (bicyclic) bond motifs is 18. The lowest BCUT2D eigenvalue weighted by Crippen LogP contribution is -2.17. The summed E-state index contributed by atoms with van der Waals surface area (Å²) in [6, 6.07) is 59.2. The van der Waals surface area contributed by atoms with Crippen LogP contribution in [0.2, 0.25) is 0 Å². The lowest BCUT2D eigenvalue weighted by Gasteiger charge is -2.25. The van der Waals surface area contributed by atoms with E-state index < -0.39 is 0 Å². The minimum Gasteiger partial charge on any atom is -0.319 e. The van der Waals surface area contributed by atoms with Crippen molar-refractivity contribution in [1.29, 1.82) is 5.26 Å². The number of nitrogens with zero attached hydrogens (tertiary/aromatic N) is 4. The lowest BCUT2D eigenvalue weighted by atomic mass is 9.81. The quantitative estimate of drug-likeness (QED) is 0.161. The van der Waals surface area contributed by atoms with Gasteiger partial charge in [-0.25, -0.2) is 4.85 Å². The molecule has 290 valence electrons. The van der Waals surface area contributed by atoms with Gasteiger partial charge in [-0.2, -0.15) is 5.26 Å². The summed E-state index contributed by atoms with van der Waals surface area (Å²) < 4.78 is 4.61. The zero-order chi connectivity index (χ0) is 41.8. The van der Waals surface area contributed by atoms with Crippen molar-refractivity contribution in [3.63, 3.8) is 0 Å². The maximum Gasteiger partial charge on any atom is 0.212 e. The molecule has 0 spiro atoms. The third-order valence-corrected chi connectivity index (χ3v) is 14.5. The Morgan fingerprint density at radius 2 is 0.952 bits per heavy atom. The van der Waals surface area contributed by atoms with Crippen molar-refractivity contribution in [3.05, 3.63) is 197 Å². The fourth-order valence-corrected chi connectivity index (χ4v) is 11.9. The fraction of sp³-hybridized carbons (Fsp3) is 0.103. The van der Waals surface area contributed by atoms with Gasteiger partial charge in [-0.3, -0.25) is 0 Å². The minimum atomic E-state index is -0.320. The number of rotatable bonds is 2. The molecule has 0 unspecified atom stereocenters. The van der Waals surface area contributed by atoms with Crippen LogP contribution in [0, 0.1) is 17.9 Å². The largest absolute Gasteiger partial charge is 0.319 e. The van der Waals surface area contributed by atoms with Crippen LogP contribution in [0.5, 0.6) is 0 Å². The van der Waals surface area contributed by atoms with Crippen LogP contribution >= 0.6 is 0 Å². The highest BCUT2D eigenvalue weighted by Gasteiger charge is 2.40. The van der Waals surface area contributed by atoms with E-state index in [9.17, 15) is 5.26 Å². The van der Waals surface area contributed by atoms with Crippen molar-refractivity contribution >= 4 is 70.8 Å². The summed E-state index contributed by atoms with van der Waals surface area (Å²) in [5.74, 6) is 0. The molecule has 2 aliphatic carbocycles. The summed E-state index contributed by atoms with van der Waals surface area (Å²) in [6.07, 6.45) is 0. The second kappa shape index (κ2) is 11.9. The molecule has 0 radical (unpaired) electrons. The molecule has 13 rings (SSSR count). The van der Waals surface area contributed by atoms with Crippen LogP contribution in [0.15, 0.2) is 158 Å². The van der Waals surface area contributed by atoms with Gasteiger partial charge in [-0.05, 0) is 90.3 Å². The maximum atomic E-state index is 11.4. The number of hydrogen-bond acceptors (Lipinski definition) is 1. The third kappa shape index (κ3) is 4.19. The van der Waals surface area contributed by atoms with Gasteiger partial charge in [0.2, 0.25) is 5.69 Å². The molecule has 0 aliphatic heterocycles. The van der Waals surface area contributed by atoms with E-state index in [1.165, 1.54) is 49.9 Å². The van der Waals surface area contributed by atoms with Gasteiger partial charge in [0.05, 0.1) is 45.6 Å². The second-order valence-electron chi connectivity index (χ2n) is 18.2. The predicted octanol–water partition coefficient (Wildman–Crippen LogP) is 15.2. The van der Waals surface area contributed by atoms with Crippen molar-refractivity contribution in [2.45, 2.75) is 38.5 Å². The molecule has 0 saturated carbocycles. The molecule has 9 aromatic carbocycles. The van der Waals surface area contributed by atoms with Crippen LogP contribution in [0.25, 0.3) is 104 Å². The molecule has 2 aromatic heterocycles. The van der Waals surface area contributed by atoms with Gasteiger partial charge < -0.3 is 9.13 Å². The molecule has 62 heavy (non-hydrogen) atoms. The highest BCUT2D eigenvalue weighted by atomic mass is 15.0. The van der Waals surface area contributed by atoms with Crippen molar-refractivity contribution in [2.24, 2.45) is 0 Å². The summed E-state index contributed by atoms with van der Waals surface area (Å²) in [4.78, 5) is 4.37. The number of nitriles is 1. The van der Waals surface area contributed by atoms with E-state index in [0.717, 1.165) is 59.8 Å². The van der Waals surface area contributed by atoms with Gasteiger partial charge in [0.25, 0.3) is 0 Å². The van der Waals surface area contributed by atoms with Crippen molar-refractivity contribution < 1.29 is 0 Å². The number of hydrogen-bond donors (Lipinski definition) is 0. The number of aromatic nitrogens is 2. The molecule has 0 bridgehead atoms. The standard InChI is InChI=1S/C58H38N4/c1-57(2)44-20-12-10-18-38(44)40-24-26-42-51-36-16-8-6-14-33(36)22-28-47(51)61(55(42)53(40)57)49-31-46(60-5)50(30-35(49)32-59)62-48-29-23-34-15-7-9-17-37(34)52(48)43-27-25-41-39-19-11-13-21-45(39)58(3,4)54(41)56(43)62/h6-31H,1-4H3. The van der Waals surface area contributed by atoms with Gasteiger partial charge in [0.15, 0.2) is 0 Å². The van der Waals surface area contributed by atoms with Gasteiger partial charge in [0, 0.05) is 32.4 Å². The zero-order valence-electron chi connectivity index (χ0n) is 34.8. The normalized spacial score (nSPS) is 14.4. The van der Waals surface area contributed by atoms with E-state index in [2.05, 4.69) is 193 Å². The Morgan fingerprint density at radius 3 is 1.45 bits per heavy atom. The molecular formula is C58H38N4. The first-order chi connectivity index (χ1) is 30.2. The van der Waals surface area contributed by atoms with Gasteiger partial charge in [-0.1, -0.05) is 161 Å². The highest BCUT2D eigenvalue weighted by molar-refractivity contribution is 6.24. The fourth-order valence-electron chi connectivity index (χ4n) is 11.9. The molecular weight excluding hydrogens is 753 g/mol. The minimum absolute atomic E-state index is 0.319. The molecule has 0 N–H and O–H groups in total. The summed E-state index contributed by atoms with van der Waals surface area (Å²) >= 11 is 0. The maximum absolute atomic E-state index is 11.4. The second-order valence-corrected chi connectivity index (χ2v) is 18.2. The van der Waals surface area contributed by atoms with Crippen LogP contribution in [-0.4, -0.2) is 9.13 Å². The predicted molar refractivity (Wildman–Crippen MR) is 256 cm³/mol. The first-order valence-electron chi connectivity index (χ1n) is 21.4. The molecule has 2 aliphatic rings. The first-order valence-corrected chi connectivity index (χ1v) is 21.4. The van der Waals surface area contributed by atoms with Gasteiger partial charge >= 0.3 is 0 Å². The van der Waals surface area contributed by atoms with E-state index in [0.29, 0.717) is 22.6 Å². The van der Waals surface area contributed by atoms with Crippen LogP contribution in [-0.2, 0) is 10.8 Å². The molecule has 4 nitrogen and oxygen atoms in total. The van der Waals surface area contributed by atoms with Crippen LogP contribution in [0.1, 0.15) is 55.5 Å². The molecule has 4 heteroatoms. The highest BCUT2D eigenvalue weighted by Crippen LogP contribution is 2.56. The molecule has 0 atom stereocenters. The van der Waals surface area contributed by atoms with Crippen LogP contribution < -0.4 is 0 Å². The Hall–Kier alpha value is -7.92. The molecule has 0 fully saturated rings. The Bertz CT molecular complexity index is 3690. The SMILES string of the molecule is [C-]#[N+]c1cc(-n2c3ccc4ccccc4c3c3ccc4c(c32)C(C)(C)c2ccccc2-4)c(C#N)cc1-n1c2ccc3ccccc3c2c2ccc3c(c21)C(C)(C)c1ccccc1-3. The van der Waals surface area contributed by atoms with E-state index in [1.54, 1.807) is 0 Å². The van der Waals surface area contributed by atoms with Crippen molar-refractivity contribution in [1.82, 2.24) is 9.13 Å². The Balaban J connectivity index is 1.18. The van der Waals surface area contributed by atoms with E-state index in [1.807, 2.05) is 12.1 Å². The van der Waals surface area contributed by atoms with Gasteiger partial charge in [0.1, 0.15) is 6.07 Å². The summed E-state index contributed by atoms with van der Waals surface area (Å²) in [6.45, 7) is 18.2. The average Bonchev–Trinajstić information content (AvgIpc) is 3.97. The van der Waals surface area contributed by atoms with Crippen LogP contribution in [0.4, 0.5) is 5.69 Å². The smallest absolute Gasteiger partial charge is 0.212 e. The van der Waals surface area contributed by atoms with E-state index >= 15 is 0 Å². The van der Waals surface area contributed by atoms with E-state index in [4.69, 9.17) is 6.57 Å². The molecule has 0 amide bonds. The Kier molecular flexibility index (Phi) is 6.69. The molecule has 2 heterocycles. The zero-order valence-corrected chi connectivity index (χ0v) is 34.8. The van der Waals surface area contributed by atoms with Crippen LogP contribution in [0.3, 0.4) is 0 Å². The topological polar surface area (TPSA) is 38.0 Å². The molecule has 0 saturated heterocycles. The summed E-state index contributed by atoms with van der Waals surface area (Å²) in [7, 11) is 0. The van der Waals surface area contributed by atoms with Crippen molar-refractivity contribution in [3.8, 4) is 39.7 Å². The number of benzene rings is 9. The summed E-state index contributed by atoms with van der Waals surface area (Å²) in [5.41, 5.74) is 15.9. The lowest BCUT2D eigenvalue weighted by molar-refractivity contribution is 0.663. The Labute approximate surface area is 358 Å². The molecule has 11 aromatic rings. The summed E-state index contributed by atoms with van der Waals surface area (Å²) in [5, 5.41) is 20.7. The Morgan fingerprint density at radius 1 is 0.484 bits per heavy atom. The monoisotopic (exact) mass is 790 g/mol. The van der Waals surface area contributed by atoms with Crippen molar-refractivity contribution in [2.75, 3.05) is 0 Å². The van der Waals surface area contributed by atoms with Gasteiger partial charge in [-0.15, -0.1) is 0 Å². The first kappa shape index (κ1) is 34.9. The van der Waals surface area contributed by atoms with E-state index in [-0.39, 0.29) is 10.8 Å². The third-order valence-electron chi connectivity index (χ3n) is 14.5. The average molecular weight is 791 g/mol.